The van der Waals surface area contributed by atoms with Gasteiger partial charge in [0.1, 0.15) is 5.75 Å². The Balaban J connectivity index is 2.39. The number of rotatable bonds is 3. The molecule has 0 bridgehead atoms. The Morgan fingerprint density at radius 3 is 2.39 bits per heavy atom. The molecule has 4 N–H and O–H groups in total. The lowest BCUT2D eigenvalue weighted by molar-refractivity contribution is 0.0998. The van der Waals surface area contributed by atoms with E-state index in [2.05, 4.69) is 22.6 Å². The zero-order valence-electron chi connectivity index (χ0n) is 9.39. The maximum atomic E-state index is 11.3. The van der Waals surface area contributed by atoms with Crippen LogP contribution in [0, 0.1) is 3.57 Å². The minimum Gasteiger partial charge on any atom is -0.454 e. The van der Waals surface area contributed by atoms with Crippen LogP contribution in [0.25, 0.3) is 0 Å². The Morgan fingerprint density at radius 1 is 1.11 bits per heavy atom. The van der Waals surface area contributed by atoms with Crippen molar-refractivity contribution >= 4 is 34.2 Å². The molecule has 0 saturated carbocycles. The number of para-hydroxylation sites is 1. The second kappa shape index (κ2) is 5.26. The molecule has 2 rings (SSSR count). The quantitative estimate of drug-likeness (QED) is 0.657. The summed E-state index contributed by atoms with van der Waals surface area (Å²) >= 11 is 2.20. The molecular weight excluding hydrogens is 343 g/mol. The lowest BCUT2D eigenvalue weighted by Crippen LogP contribution is -2.13. The largest absolute Gasteiger partial charge is 0.454 e. The van der Waals surface area contributed by atoms with E-state index in [-0.39, 0.29) is 5.56 Å². The average Bonchev–Trinajstić information content (AvgIpc) is 2.34. The highest BCUT2D eigenvalue weighted by atomic mass is 127. The molecule has 5 heteroatoms. The molecule has 0 fully saturated rings. The number of primary amides is 1. The summed E-state index contributed by atoms with van der Waals surface area (Å²) < 4.78 is 6.72. The lowest BCUT2D eigenvalue weighted by Gasteiger charge is -2.11. The van der Waals surface area contributed by atoms with Gasteiger partial charge in [0.2, 0.25) is 0 Å². The van der Waals surface area contributed by atoms with Gasteiger partial charge in [0.25, 0.3) is 5.91 Å². The minimum atomic E-state index is -0.567. The molecule has 0 atom stereocenters. The van der Waals surface area contributed by atoms with E-state index in [1.807, 2.05) is 12.1 Å². The van der Waals surface area contributed by atoms with Crippen molar-refractivity contribution in [2.24, 2.45) is 5.73 Å². The van der Waals surface area contributed by atoms with Crippen LogP contribution >= 0.6 is 22.6 Å². The van der Waals surface area contributed by atoms with Crippen LogP contribution in [-0.2, 0) is 0 Å². The van der Waals surface area contributed by atoms with Gasteiger partial charge in [-0.1, -0.05) is 6.07 Å². The SMILES string of the molecule is NC(=O)c1cccc(N)c1Oc1ccc(I)cc1. The zero-order valence-corrected chi connectivity index (χ0v) is 11.5. The number of carbonyl (C=O) groups excluding carboxylic acids is 1. The van der Waals surface area contributed by atoms with Crippen molar-refractivity contribution in [3.63, 3.8) is 0 Å². The summed E-state index contributed by atoms with van der Waals surface area (Å²) in [6.07, 6.45) is 0. The highest BCUT2D eigenvalue weighted by molar-refractivity contribution is 14.1. The fourth-order valence-electron chi connectivity index (χ4n) is 1.48. The van der Waals surface area contributed by atoms with Gasteiger partial charge >= 0.3 is 0 Å². The van der Waals surface area contributed by atoms with Crippen LogP contribution in [0.2, 0.25) is 0 Å². The summed E-state index contributed by atoms with van der Waals surface area (Å²) in [7, 11) is 0. The van der Waals surface area contributed by atoms with Gasteiger partial charge in [-0.2, -0.15) is 0 Å². The molecule has 0 unspecified atom stereocenters. The molecule has 92 valence electrons. The fourth-order valence-corrected chi connectivity index (χ4v) is 1.84. The van der Waals surface area contributed by atoms with E-state index in [1.165, 1.54) is 0 Å². The van der Waals surface area contributed by atoms with Crippen LogP contribution in [0.1, 0.15) is 10.4 Å². The molecule has 4 nitrogen and oxygen atoms in total. The van der Waals surface area contributed by atoms with Crippen molar-refractivity contribution in [1.29, 1.82) is 0 Å². The van der Waals surface area contributed by atoms with Gasteiger partial charge in [0.15, 0.2) is 5.75 Å². The van der Waals surface area contributed by atoms with Crippen molar-refractivity contribution in [3.05, 3.63) is 51.6 Å². The van der Waals surface area contributed by atoms with Gasteiger partial charge < -0.3 is 16.2 Å². The van der Waals surface area contributed by atoms with Crippen LogP contribution in [0.5, 0.6) is 11.5 Å². The number of halogens is 1. The summed E-state index contributed by atoms with van der Waals surface area (Å²) in [5, 5.41) is 0. The van der Waals surface area contributed by atoms with Gasteiger partial charge in [0.05, 0.1) is 11.3 Å². The molecule has 0 aliphatic heterocycles. The minimum absolute atomic E-state index is 0.272. The molecule has 2 aromatic carbocycles. The summed E-state index contributed by atoms with van der Waals surface area (Å²) in [6.45, 7) is 0. The van der Waals surface area contributed by atoms with Crippen molar-refractivity contribution < 1.29 is 9.53 Å². The highest BCUT2D eigenvalue weighted by Gasteiger charge is 2.13. The number of ether oxygens (including phenoxy) is 1. The molecule has 0 saturated heterocycles. The monoisotopic (exact) mass is 354 g/mol. The van der Waals surface area contributed by atoms with Crippen molar-refractivity contribution in [2.45, 2.75) is 0 Å². The van der Waals surface area contributed by atoms with Crippen molar-refractivity contribution in [1.82, 2.24) is 0 Å². The maximum absolute atomic E-state index is 11.3. The van der Waals surface area contributed by atoms with Crippen molar-refractivity contribution in [2.75, 3.05) is 5.73 Å². The Morgan fingerprint density at radius 2 is 1.78 bits per heavy atom. The van der Waals surface area contributed by atoms with Gasteiger partial charge in [0, 0.05) is 3.57 Å². The normalized spacial score (nSPS) is 10.1. The molecular formula is C13H11IN2O2. The number of amides is 1. The molecule has 2 aromatic rings. The summed E-state index contributed by atoms with van der Waals surface area (Å²) in [4.78, 5) is 11.3. The predicted octanol–water partition coefficient (Wildman–Crippen LogP) is 2.76. The standard InChI is InChI=1S/C13H11IN2O2/c14-8-4-6-9(7-5-8)18-12-10(13(16)17)2-1-3-11(12)15/h1-7H,15H2,(H2,16,17). The first kappa shape index (κ1) is 12.7. The molecule has 0 radical (unpaired) electrons. The van der Waals surface area contributed by atoms with E-state index in [9.17, 15) is 4.79 Å². The van der Waals surface area contributed by atoms with Crippen LogP contribution in [-0.4, -0.2) is 5.91 Å². The van der Waals surface area contributed by atoms with E-state index >= 15 is 0 Å². The number of carbonyl (C=O) groups is 1. The summed E-state index contributed by atoms with van der Waals surface area (Å²) in [6, 6.07) is 12.3. The van der Waals surface area contributed by atoms with E-state index in [4.69, 9.17) is 16.2 Å². The van der Waals surface area contributed by atoms with Crippen LogP contribution < -0.4 is 16.2 Å². The number of anilines is 1. The third-order valence-electron chi connectivity index (χ3n) is 2.34. The van der Waals surface area contributed by atoms with Gasteiger partial charge in [-0.05, 0) is 59.0 Å². The van der Waals surface area contributed by atoms with E-state index in [0.717, 1.165) is 3.57 Å². The van der Waals surface area contributed by atoms with Gasteiger partial charge in [-0.25, -0.2) is 0 Å². The first-order chi connectivity index (χ1) is 8.58. The Labute approximate surface area is 118 Å². The topological polar surface area (TPSA) is 78.3 Å². The fraction of sp³-hybridized carbons (Fsp3) is 0. The van der Waals surface area contributed by atoms with Crippen LogP contribution in [0.4, 0.5) is 5.69 Å². The number of benzene rings is 2. The summed E-state index contributed by atoms with van der Waals surface area (Å²) in [5.74, 6) is 0.338. The molecule has 0 aliphatic rings. The Bertz CT molecular complexity index is 582. The smallest absolute Gasteiger partial charge is 0.252 e. The van der Waals surface area contributed by atoms with E-state index in [0.29, 0.717) is 17.2 Å². The average molecular weight is 354 g/mol. The molecule has 18 heavy (non-hydrogen) atoms. The maximum Gasteiger partial charge on any atom is 0.252 e. The third kappa shape index (κ3) is 2.73. The van der Waals surface area contributed by atoms with Gasteiger partial charge in [-0.15, -0.1) is 0 Å². The molecule has 0 aliphatic carbocycles. The summed E-state index contributed by atoms with van der Waals surface area (Å²) in [5.41, 5.74) is 11.7. The molecule has 0 aromatic heterocycles. The predicted molar refractivity (Wildman–Crippen MR) is 78.6 cm³/mol. The number of nitrogens with two attached hydrogens (primary N) is 2. The van der Waals surface area contributed by atoms with Gasteiger partial charge in [-0.3, -0.25) is 4.79 Å². The van der Waals surface area contributed by atoms with Crippen LogP contribution in [0.15, 0.2) is 42.5 Å². The first-order valence-electron chi connectivity index (χ1n) is 5.19. The molecule has 1 amide bonds. The Kier molecular flexibility index (Phi) is 3.71. The number of nitrogen functional groups attached to an aromatic ring is 1. The Hall–Kier alpha value is -1.76. The number of hydrogen-bond acceptors (Lipinski definition) is 3. The van der Waals surface area contributed by atoms with E-state index in [1.54, 1.807) is 30.3 Å². The second-order valence-corrected chi connectivity index (χ2v) is 4.89. The molecule has 0 spiro atoms. The third-order valence-corrected chi connectivity index (χ3v) is 3.06. The number of hydrogen-bond donors (Lipinski definition) is 2. The van der Waals surface area contributed by atoms with Crippen molar-refractivity contribution in [3.8, 4) is 11.5 Å². The second-order valence-electron chi connectivity index (χ2n) is 3.64. The first-order valence-corrected chi connectivity index (χ1v) is 6.27. The highest BCUT2D eigenvalue weighted by Crippen LogP contribution is 2.31. The zero-order chi connectivity index (χ0) is 13.1. The van der Waals surface area contributed by atoms with Crippen LogP contribution in [0.3, 0.4) is 0 Å². The molecule has 0 heterocycles. The van der Waals surface area contributed by atoms with E-state index < -0.39 is 5.91 Å². The lowest BCUT2D eigenvalue weighted by atomic mass is 10.1.